The minimum absolute atomic E-state index is 0.212. The summed E-state index contributed by atoms with van der Waals surface area (Å²) in [4.78, 5) is 0.964. The second-order valence-electron chi connectivity index (χ2n) is 3.66. The van der Waals surface area contributed by atoms with Gasteiger partial charge in [-0.2, -0.15) is 0 Å². The molecular formula is C12H9Br2ClFNS. The molecule has 96 valence electrons. The number of thiophene rings is 1. The van der Waals surface area contributed by atoms with Gasteiger partial charge in [0.15, 0.2) is 0 Å². The second-order valence-corrected chi connectivity index (χ2v) is 7.11. The fourth-order valence-corrected chi connectivity index (χ4v) is 3.94. The maximum absolute atomic E-state index is 13.9. The molecule has 0 aliphatic heterocycles. The van der Waals surface area contributed by atoms with Crippen LogP contribution in [0.4, 0.5) is 4.39 Å². The van der Waals surface area contributed by atoms with Gasteiger partial charge in [-0.1, -0.05) is 27.5 Å². The van der Waals surface area contributed by atoms with Crippen LogP contribution in [0.3, 0.4) is 0 Å². The zero-order chi connectivity index (χ0) is 13.3. The minimum Gasteiger partial charge on any atom is -0.309 e. The maximum Gasteiger partial charge on any atom is 0.128 e. The van der Waals surface area contributed by atoms with Crippen molar-refractivity contribution in [1.29, 1.82) is 0 Å². The topological polar surface area (TPSA) is 12.0 Å². The Kier molecular flexibility index (Phi) is 4.83. The first-order valence-corrected chi connectivity index (χ1v) is 7.88. The van der Waals surface area contributed by atoms with Crippen LogP contribution in [0.1, 0.15) is 16.5 Å². The third-order valence-electron chi connectivity index (χ3n) is 2.51. The van der Waals surface area contributed by atoms with Crippen molar-refractivity contribution in [3.63, 3.8) is 0 Å². The lowest BCUT2D eigenvalue weighted by Gasteiger charge is -2.16. The molecule has 0 amide bonds. The van der Waals surface area contributed by atoms with E-state index in [0.717, 1.165) is 13.8 Å². The lowest BCUT2D eigenvalue weighted by atomic mass is 10.1. The summed E-state index contributed by atoms with van der Waals surface area (Å²) in [7, 11) is 1.80. The van der Waals surface area contributed by atoms with Crippen LogP contribution in [-0.2, 0) is 0 Å². The molecule has 0 saturated carbocycles. The smallest absolute Gasteiger partial charge is 0.128 e. The molecule has 2 rings (SSSR count). The standard InChI is InChI=1S/C12H9Br2ClFNS/c1-17-11(10-5-8(14)12(15)18-10)7-4-6(13)2-3-9(7)16/h2-5,11,17H,1H3. The average molecular weight is 414 g/mol. The summed E-state index contributed by atoms with van der Waals surface area (Å²) in [5, 5.41) is 3.11. The number of halogens is 4. The molecule has 1 unspecified atom stereocenters. The van der Waals surface area contributed by atoms with Gasteiger partial charge in [0.1, 0.15) is 10.2 Å². The molecule has 6 heteroatoms. The molecule has 0 fully saturated rings. The number of hydrogen-bond acceptors (Lipinski definition) is 2. The van der Waals surface area contributed by atoms with Crippen molar-refractivity contribution in [3.8, 4) is 0 Å². The lowest BCUT2D eigenvalue weighted by molar-refractivity contribution is 0.579. The van der Waals surface area contributed by atoms with E-state index in [2.05, 4.69) is 37.2 Å². The van der Waals surface area contributed by atoms with Gasteiger partial charge in [0.2, 0.25) is 0 Å². The van der Waals surface area contributed by atoms with E-state index in [0.29, 0.717) is 9.90 Å². The molecule has 2 aromatic rings. The van der Waals surface area contributed by atoms with E-state index in [1.807, 2.05) is 6.07 Å². The van der Waals surface area contributed by atoms with Crippen LogP contribution >= 0.6 is 54.8 Å². The first kappa shape index (κ1) is 14.5. The number of benzene rings is 1. The van der Waals surface area contributed by atoms with Gasteiger partial charge in [-0.05, 0) is 47.2 Å². The predicted molar refractivity (Wildman–Crippen MR) is 82.0 cm³/mol. The van der Waals surface area contributed by atoms with Crippen LogP contribution in [0.5, 0.6) is 0 Å². The monoisotopic (exact) mass is 411 g/mol. The predicted octanol–water partition coefficient (Wildman–Crippen LogP) is 5.37. The fourth-order valence-electron chi connectivity index (χ4n) is 1.69. The maximum atomic E-state index is 13.9. The number of rotatable bonds is 3. The Morgan fingerprint density at radius 3 is 2.61 bits per heavy atom. The van der Waals surface area contributed by atoms with Gasteiger partial charge < -0.3 is 5.32 Å². The second kappa shape index (κ2) is 6.01. The molecule has 1 heterocycles. The van der Waals surface area contributed by atoms with Gasteiger partial charge in [0.05, 0.1) is 6.04 Å². The molecule has 0 bridgehead atoms. The van der Waals surface area contributed by atoms with Gasteiger partial charge in [-0.3, -0.25) is 0 Å². The third-order valence-corrected chi connectivity index (χ3v) is 5.54. The van der Waals surface area contributed by atoms with Crippen molar-refractivity contribution in [2.24, 2.45) is 0 Å². The van der Waals surface area contributed by atoms with E-state index < -0.39 is 0 Å². The molecule has 1 atom stereocenters. The minimum atomic E-state index is -0.238. The molecular weight excluding hydrogens is 404 g/mol. The Morgan fingerprint density at radius 1 is 1.33 bits per heavy atom. The van der Waals surface area contributed by atoms with E-state index >= 15 is 0 Å². The zero-order valence-electron chi connectivity index (χ0n) is 9.31. The van der Waals surface area contributed by atoms with Gasteiger partial charge in [-0.25, -0.2) is 4.39 Å². The molecule has 1 aromatic carbocycles. The Balaban J connectivity index is 2.48. The van der Waals surface area contributed by atoms with Crippen LogP contribution in [0.2, 0.25) is 4.34 Å². The average Bonchev–Trinajstić information content (AvgIpc) is 2.65. The van der Waals surface area contributed by atoms with Gasteiger partial charge in [0, 0.05) is 19.4 Å². The Labute approximate surface area is 131 Å². The van der Waals surface area contributed by atoms with Crippen molar-refractivity contribution in [2.45, 2.75) is 6.04 Å². The van der Waals surface area contributed by atoms with Crippen LogP contribution in [0, 0.1) is 5.82 Å². The van der Waals surface area contributed by atoms with E-state index in [4.69, 9.17) is 11.6 Å². The van der Waals surface area contributed by atoms with E-state index in [1.165, 1.54) is 17.4 Å². The Hall–Kier alpha value is 0.0600. The summed E-state index contributed by atoms with van der Waals surface area (Å²) in [6.07, 6.45) is 0. The first-order chi connectivity index (χ1) is 8.52. The molecule has 1 nitrogen and oxygen atoms in total. The molecule has 0 saturated heterocycles. The van der Waals surface area contributed by atoms with Crippen molar-refractivity contribution in [2.75, 3.05) is 7.05 Å². The van der Waals surface area contributed by atoms with Crippen LogP contribution in [0.15, 0.2) is 33.2 Å². The number of nitrogens with one attached hydrogen (secondary N) is 1. The summed E-state index contributed by atoms with van der Waals surface area (Å²) >= 11 is 14.2. The molecule has 1 N–H and O–H groups in total. The third kappa shape index (κ3) is 2.96. The summed E-state index contributed by atoms with van der Waals surface area (Å²) in [5.74, 6) is -0.238. The van der Waals surface area contributed by atoms with Crippen LogP contribution in [-0.4, -0.2) is 7.05 Å². The summed E-state index contributed by atoms with van der Waals surface area (Å²) in [6.45, 7) is 0. The van der Waals surface area contributed by atoms with Gasteiger partial charge in [0.25, 0.3) is 0 Å². The SMILES string of the molecule is CNC(c1cc(Br)c(Cl)s1)c1cc(Br)ccc1F. The highest BCUT2D eigenvalue weighted by atomic mass is 79.9. The van der Waals surface area contributed by atoms with Crippen molar-refractivity contribution >= 4 is 54.8 Å². The van der Waals surface area contributed by atoms with Crippen LogP contribution in [0.25, 0.3) is 0 Å². The number of hydrogen-bond donors (Lipinski definition) is 1. The Morgan fingerprint density at radius 2 is 2.06 bits per heavy atom. The largest absolute Gasteiger partial charge is 0.309 e. The first-order valence-electron chi connectivity index (χ1n) is 5.10. The molecule has 0 spiro atoms. The molecule has 0 radical (unpaired) electrons. The molecule has 18 heavy (non-hydrogen) atoms. The zero-order valence-corrected chi connectivity index (χ0v) is 14.1. The molecule has 0 aliphatic rings. The lowest BCUT2D eigenvalue weighted by Crippen LogP contribution is -2.17. The summed E-state index contributed by atoms with van der Waals surface area (Å²) < 4.78 is 16.2. The molecule has 1 aromatic heterocycles. The fraction of sp³-hybridized carbons (Fsp3) is 0.167. The highest BCUT2D eigenvalue weighted by Gasteiger charge is 2.19. The highest BCUT2D eigenvalue weighted by molar-refractivity contribution is 9.10. The van der Waals surface area contributed by atoms with Crippen LogP contribution < -0.4 is 5.32 Å². The highest BCUT2D eigenvalue weighted by Crippen LogP contribution is 2.38. The van der Waals surface area contributed by atoms with Gasteiger partial charge >= 0.3 is 0 Å². The van der Waals surface area contributed by atoms with Crippen molar-refractivity contribution < 1.29 is 4.39 Å². The molecule has 0 aliphatic carbocycles. The summed E-state index contributed by atoms with van der Waals surface area (Å²) in [6, 6.07) is 6.61. The van der Waals surface area contributed by atoms with E-state index in [-0.39, 0.29) is 11.9 Å². The van der Waals surface area contributed by atoms with E-state index in [9.17, 15) is 4.39 Å². The van der Waals surface area contributed by atoms with Gasteiger partial charge in [-0.15, -0.1) is 11.3 Å². The quantitative estimate of drug-likeness (QED) is 0.713. The Bertz CT molecular complexity index is 554. The summed E-state index contributed by atoms with van der Waals surface area (Å²) in [5.41, 5.74) is 0.595. The van der Waals surface area contributed by atoms with Crippen molar-refractivity contribution in [3.05, 3.63) is 53.8 Å². The normalized spacial score (nSPS) is 12.7. The van der Waals surface area contributed by atoms with E-state index in [1.54, 1.807) is 19.2 Å². The van der Waals surface area contributed by atoms with Crippen molar-refractivity contribution in [1.82, 2.24) is 5.32 Å².